The van der Waals surface area contributed by atoms with Crippen molar-refractivity contribution in [2.24, 2.45) is 12.0 Å². The summed E-state index contributed by atoms with van der Waals surface area (Å²) in [6, 6.07) is 7.71. The van der Waals surface area contributed by atoms with Gasteiger partial charge in [-0.05, 0) is 38.1 Å². The first-order valence-electron chi connectivity index (χ1n) is 7.45. The molecule has 3 aromatic rings. The first-order chi connectivity index (χ1) is 11.5. The number of carbonyl (C=O) groups excluding carboxylic acids is 1. The van der Waals surface area contributed by atoms with Crippen LogP contribution in [0, 0.1) is 0 Å². The Hall–Kier alpha value is -2.25. The number of carbonyl (C=O) groups is 1. The maximum atomic E-state index is 12.2. The summed E-state index contributed by atoms with van der Waals surface area (Å²) in [6.07, 6.45) is 2.00. The number of aryl methyl sites for hydroxylation is 1. The molecule has 0 aliphatic carbocycles. The molecular formula is C17H17N3O2S2. The first-order valence-corrected chi connectivity index (χ1v) is 9.20. The number of nitrogens with zero attached hydrogens (tertiary/aromatic N) is 3. The highest BCUT2D eigenvalue weighted by molar-refractivity contribution is 7.13. The van der Waals surface area contributed by atoms with Crippen LogP contribution in [-0.2, 0) is 7.05 Å². The maximum Gasteiger partial charge on any atom is 0.299 e. The van der Waals surface area contributed by atoms with Gasteiger partial charge in [0.2, 0.25) is 0 Å². The van der Waals surface area contributed by atoms with Crippen LogP contribution in [0.25, 0.3) is 10.6 Å². The Morgan fingerprint density at radius 1 is 1.25 bits per heavy atom. The molecule has 0 unspecified atom stereocenters. The third kappa shape index (κ3) is 3.80. The minimum Gasteiger partial charge on any atom is -0.491 e. The summed E-state index contributed by atoms with van der Waals surface area (Å²) in [5, 5.41) is 4.42. The van der Waals surface area contributed by atoms with Crippen molar-refractivity contribution in [3.8, 4) is 16.3 Å². The summed E-state index contributed by atoms with van der Waals surface area (Å²) in [5.74, 6) is 0.497. The number of hydrogen-bond acceptors (Lipinski definition) is 5. The van der Waals surface area contributed by atoms with Crippen molar-refractivity contribution in [1.29, 1.82) is 0 Å². The van der Waals surface area contributed by atoms with Crippen molar-refractivity contribution in [2.45, 2.75) is 20.0 Å². The lowest BCUT2D eigenvalue weighted by Crippen LogP contribution is -2.12. The van der Waals surface area contributed by atoms with Crippen LogP contribution in [0.15, 0.2) is 46.2 Å². The highest BCUT2D eigenvalue weighted by atomic mass is 32.1. The van der Waals surface area contributed by atoms with Crippen molar-refractivity contribution < 1.29 is 9.53 Å². The second-order valence-corrected chi connectivity index (χ2v) is 7.17. The van der Waals surface area contributed by atoms with Crippen molar-refractivity contribution in [2.75, 3.05) is 0 Å². The number of rotatable bonds is 4. The van der Waals surface area contributed by atoms with Crippen molar-refractivity contribution in [3.05, 3.63) is 51.7 Å². The second-order valence-electron chi connectivity index (χ2n) is 5.44. The molecule has 5 nitrogen and oxygen atoms in total. The third-order valence-corrected chi connectivity index (χ3v) is 4.89. The van der Waals surface area contributed by atoms with Crippen LogP contribution in [0.5, 0.6) is 5.75 Å². The molecule has 124 valence electrons. The quantitative estimate of drug-likeness (QED) is 0.713. The smallest absolute Gasteiger partial charge is 0.299 e. The van der Waals surface area contributed by atoms with Gasteiger partial charge >= 0.3 is 0 Å². The lowest BCUT2D eigenvalue weighted by Gasteiger charge is -2.09. The van der Waals surface area contributed by atoms with Gasteiger partial charge in [0.15, 0.2) is 4.80 Å². The van der Waals surface area contributed by atoms with Crippen molar-refractivity contribution in [3.63, 3.8) is 0 Å². The predicted molar refractivity (Wildman–Crippen MR) is 96.5 cm³/mol. The van der Waals surface area contributed by atoms with Crippen molar-refractivity contribution >= 4 is 28.6 Å². The van der Waals surface area contributed by atoms with Crippen LogP contribution in [0.1, 0.15) is 24.3 Å². The average Bonchev–Trinajstić information content (AvgIpc) is 3.17. The Kier molecular flexibility index (Phi) is 4.92. The van der Waals surface area contributed by atoms with Gasteiger partial charge in [0, 0.05) is 29.6 Å². The van der Waals surface area contributed by atoms with Crippen LogP contribution in [0.3, 0.4) is 0 Å². The average molecular weight is 359 g/mol. The molecule has 0 fully saturated rings. The zero-order chi connectivity index (χ0) is 17.1. The van der Waals surface area contributed by atoms with E-state index in [0.29, 0.717) is 10.5 Å². The fourth-order valence-electron chi connectivity index (χ4n) is 2.03. The summed E-state index contributed by atoms with van der Waals surface area (Å²) in [7, 11) is 1.86. The van der Waals surface area contributed by atoms with E-state index in [1.54, 1.807) is 5.38 Å². The van der Waals surface area contributed by atoms with Gasteiger partial charge in [-0.1, -0.05) is 0 Å². The Balaban J connectivity index is 1.80. The van der Waals surface area contributed by atoms with Crippen molar-refractivity contribution in [1.82, 2.24) is 9.55 Å². The van der Waals surface area contributed by atoms with Crippen LogP contribution in [0.4, 0.5) is 0 Å². The minimum absolute atomic E-state index is 0.139. The number of thiazole rings is 2. The van der Waals surface area contributed by atoms with E-state index in [4.69, 9.17) is 4.74 Å². The topological polar surface area (TPSA) is 56.5 Å². The summed E-state index contributed by atoms with van der Waals surface area (Å²) >= 11 is 2.85. The molecule has 1 aromatic carbocycles. The van der Waals surface area contributed by atoms with Gasteiger partial charge in [-0.3, -0.25) is 4.79 Å². The zero-order valence-corrected chi connectivity index (χ0v) is 15.2. The Labute approximate surface area is 147 Å². The second kappa shape index (κ2) is 7.11. The fourth-order valence-corrected chi connectivity index (χ4v) is 3.56. The van der Waals surface area contributed by atoms with Gasteiger partial charge in [0.25, 0.3) is 5.91 Å². The number of benzene rings is 1. The molecule has 3 rings (SSSR count). The highest BCUT2D eigenvalue weighted by Gasteiger charge is 2.11. The van der Waals surface area contributed by atoms with Crippen LogP contribution in [-0.4, -0.2) is 21.6 Å². The van der Waals surface area contributed by atoms with E-state index < -0.39 is 0 Å². The lowest BCUT2D eigenvalue weighted by atomic mass is 10.2. The van der Waals surface area contributed by atoms with E-state index in [-0.39, 0.29) is 12.0 Å². The number of hydrogen-bond donors (Lipinski definition) is 0. The molecule has 0 bridgehead atoms. The van der Waals surface area contributed by atoms with Gasteiger partial charge in [-0.15, -0.1) is 22.7 Å². The lowest BCUT2D eigenvalue weighted by molar-refractivity contribution is 0.0994. The minimum atomic E-state index is -0.324. The summed E-state index contributed by atoms with van der Waals surface area (Å²) in [6.45, 7) is 3.98. The van der Waals surface area contributed by atoms with E-state index in [1.165, 1.54) is 22.7 Å². The van der Waals surface area contributed by atoms with Gasteiger partial charge < -0.3 is 9.30 Å². The van der Waals surface area contributed by atoms with E-state index in [0.717, 1.165) is 16.3 Å². The molecular weight excluding hydrogens is 342 g/mol. The van der Waals surface area contributed by atoms with Crippen LogP contribution < -0.4 is 9.54 Å². The Morgan fingerprint density at radius 3 is 2.62 bits per heavy atom. The summed E-state index contributed by atoms with van der Waals surface area (Å²) in [4.78, 5) is 21.4. The monoisotopic (exact) mass is 359 g/mol. The van der Waals surface area contributed by atoms with Gasteiger partial charge in [-0.25, -0.2) is 4.98 Å². The zero-order valence-electron chi connectivity index (χ0n) is 13.6. The first kappa shape index (κ1) is 16.6. The van der Waals surface area contributed by atoms with E-state index in [1.807, 2.05) is 61.3 Å². The number of aromatic nitrogens is 2. The molecule has 0 aliphatic heterocycles. The largest absolute Gasteiger partial charge is 0.491 e. The standard InChI is InChI=1S/C17H17N3O2S2/c1-11(2)22-13-6-4-12(5-7-13)16-18-14(10-24-16)15(21)19-17-20(3)8-9-23-17/h4-11H,1-3H3. The maximum absolute atomic E-state index is 12.2. The Bertz CT molecular complexity index is 904. The summed E-state index contributed by atoms with van der Waals surface area (Å²) in [5.41, 5.74) is 1.32. The van der Waals surface area contributed by atoms with Crippen LogP contribution in [0.2, 0.25) is 0 Å². The highest BCUT2D eigenvalue weighted by Crippen LogP contribution is 2.26. The molecule has 24 heavy (non-hydrogen) atoms. The molecule has 0 radical (unpaired) electrons. The molecule has 0 saturated carbocycles. The van der Waals surface area contributed by atoms with Gasteiger partial charge in [-0.2, -0.15) is 4.99 Å². The molecule has 1 amide bonds. The predicted octanol–water partition coefficient (Wildman–Crippen LogP) is 3.74. The van der Waals surface area contributed by atoms with E-state index in [9.17, 15) is 4.79 Å². The molecule has 0 aliphatic rings. The number of amides is 1. The normalized spacial score (nSPS) is 11.9. The molecule has 7 heteroatoms. The third-order valence-electron chi connectivity index (χ3n) is 3.15. The fraction of sp³-hybridized carbons (Fsp3) is 0.235. The molecule has 0 N–H and O–H groups in total. The van der Waals surface area contributed by atoms with Crippen LogP contribution >= 0.6 is 22.7 Å². The number of ether oxygens (including phenoxy) is 1. The molecule has 0 atom stereocenters. The van der Waals surface area contributed by atoms with Gasteiger partial charge in [0.05, 0.1) is 6.10 Å². The van der Waals surface area contributed by atoms with E-state index in [2.05, 4.69) is 9.98 Å². The van der Waals surface area contributed by atoms with Gasteiger partial charge in [0.1, 0.15) is 16.5 Å². The SMILES string of the molecule is CC(C)Oc1ccc(-c2nc(C(=O)N=c3sccn3C)cs2)cc1. The van der Waals surface area contributed by atoms with E-state index >= 15 is 0 Å². The molecule has 2 aromatic heterocycles. The molecule has 0 saturated heterocycles. The Morgan fingerprint density at radius 2 is 2.00 bits per heavy atom. The summed E-state index contributed by atoms with van der Waals surface area (Å²) < 4.78 is 7.44. The molecule has 0 spiro atoms. The molecule has 2 heterocycles.